The molecule has 0 saturated heterocycles. The highest BCUT2D eigenvalue weighted by atomic mass is 16.5. The van der Waals surface area contributed by atoms with E-state index in [4.69, 9.17) is 4.74 Å². The Morgan fingerprint density at radius 3 is 2.44 bits per heavy atom. The summed E-state index contributed by atoms with van der Waals surface area (Å²) in [4.78, 5) is 0. The van der Waals surface area contributed by atoms with Crippen LogP contribution in [0.25, 0.3) is 45.0 Å². The van der Waals surface area contributed by atoms with Crippen LogP contribution in [-0.2, 0) is 11.2 Å². The van der Waals surface area contributed by atoms with Gasteiger partial charge in [-0.2, -0.15) is 5.26 Å². The lowest BCUT2D eigenvalue weighted by Gasteiger charge is -2.28. The second kappa shape index (κ2) is 10.5. The first-order chi connectivity index (χ1) is 23.7. The number of aromatic nitrogens is 2. The molecule has 5 aromatic rings. The van der Waals surface area contributed by atoms with Crippen LogP contribution in [0.1, 0.15) is 61.0 Å². The molecular weight excluding hydrogens is 587 g/mol. The standard InChI is InChI=1S/C44H35N3O/c1-27-24-35-34-25-28(42-29(26-45)12-11-21-39(42)47-36-18-8-5-15-31(36)32-16-6-9-19-37(32)47)22-23-40(34)48-44(35)43-41(27)33-17-7-10-20-38(33)46(43)30-13-3-2-4-14-30/h2-8,10,13-18,20-23,25,27,34,40H,9,11-12,19,24H2,1H3. The zero-order valence-corrected chi connectivity index (χ0v) is 27.0. The molecule has 0 N–H and O–H groups in total. The summed E-state index contributed by atoms with van der Waals surface area (Å²) in [6.07, 6.45) is 18.4. The molecule has 0 bridgehead atoms. The number of allylic oxidation sites excluding steroid dienone is 7. The van der Waals surface area contributed by atoms with E-state index in [1.54, 1.807) is 0 Å². The van der Waals surface area contributed by atoms with Crippen molar-refractivity contribution in [3.8, 4) is 11.8 Å². The Morgan fingerprint density at radius 2 is 1.60 bits per heavy atom. The number of hydrogen-bond acceptors (Lipinski definition) is 2. The van der Waals surface area contributed by atoms with E-state index in [1.807, 2.05) is 0 Å². The summed E-state index contributed by atoms with van der Waals surface area (Å²) in [6.45, 7) is 2.37. The molecule has 48 heavy (non-hydrogen) atoms. The Labute approximate surface area is 280 Å². The fourth-order valence-corrected chi connectivity index (χ4v) is 9.12. The summed E-state index contributed by atoms with van der Waals surface area (Å²) in [5, 5.41) is 13.1. The topological polar surface area (TPSA) is 42.9 Å². The molecule has 2 aromatic heterocycles. The van der Waals surface area contributed by atoms with Gasteiger partial charge in [0.25, 0.3) is 0 Å². The number of para-hydroxylation sites is 3. The van der Waals surface area contributed by atoms with E-state index in [1.165, 1.54) is 49.9 Å². The van der Waals surface area contributed by atoms with Gasteiger partial charge in [-0.1, -0.05) is 91.9 Å². The van der Waals surface area contributed by atoms with Gasteiger partial charge in [-0.25, -0.2) is 0 Å². The molecule has 0 fully saturated rings. The molecule has 5 aliphatic rings. The predicted molar refractivity (Wildman–Crippen MR) is 194 cm³/mol. The van der Waals surface area contributed by atoms with Crippen LogP contribution < -0.4 is 0 Å². The van der Waals surface area contributed by atoms with Gasteiger partial charge in [0.05, 0.1) is 28.5 Å². The number of nitrogens with zero attached hydrogens (tertiary/aromatic N) is 3. The lowest BCUT2D eigenvalue weighted by molar-refractivity contribution is 0.210. The SMILES string of the molecule is CC1CC2=C(OC3C=CC(C4=C(C#N)CCC=C4n4c5c(c6ccccc64)C=CCC5)=CC23)c2c1c1ccccc1n2-c1ccccc1. The second-order valence-electron chi connectivity index (χ2n) is 13.7. The van der Waals surface area contributed by atoms with Crippen molar-refractivity contribution >= 4 is 39.3 Å². The van der Waals surface area contributed by atoms with E-state index in [0.717, 1.165) is 66.0 Å². The molecule has 0 radical (unpaired) electrons. The molecule has 0 amide bonds. The first kappa shape index (κ1) is 27.6. The van der Waals surface area contributed by atoms with E-state index >= 15 is 0 Å². The summed E-state index contributed by atoms with van der Waals surface area (Å²) in [7, 11) is 0. The Balaban J connectivity index is 1.14. The third kappa shape index (κ3) is 3.82. The molecule has 1 aliphatic heterocycles. The Bertz CT molecular complexity index is 2430. The molecule has 0 saturated carbocycles. The van der Waals surface area contributed by atoms with Gasteiger partial charge in [0.2, 0.25) is 0 Å². The first-order valence-corrected chi connectivity index (χ1v) is 17.3. The number of ether oxygens (including phenoxy) is 1. The minimum atomic E-state index is -0.0633. The quantitative estimate of drug-likeness (QED) is 0.201. The third-order valence-electron chi connectivity index (χ3n) is 11.1. The van der Waals surface area contributed by atoms with Crippen molar-refractivity contribution in [1.29, 1.82) is 5.26 Å². The largest absolute Gasteiger partial charge is 0.483 e. The smallest absolute Gasteiger partial charge is 0.144 e. The average Bonchev–Trinajstić information content (AvgIpc) is 3.79. The van der Waals surface area contributed by atoms with Crippen molar-refractivity contribution in [1.82, 2.24) is 9.13 Å². The molecule has 0 spiro atoms. The monoisotopic (exact) mass is 621 g/mol. The number of benzene rings is 3. The zero-order valence-electron chi connectivity index (χ0n) is 27.0. The van der Waals surface area contributed by atoms with Gasteiger partial charge in [0.15, 0.2) is 0 Å². The molecule has 4 aliphatic carbocycles. The van der Waals surface area contributed by atoms with Crippen molar-refractivity contribution in [2.75, 3.05) is 0 Å². The van der Waals surface area contributed by atoms with Crippen molar-refractivity contribution in [2.45, 2.75) is 51.0 Å². The van der Waals surface area contributed by atoms with E-state index in [-0.39, 0.29) is 12.0 Å². The van der Waals surface area contributed by atoms with E-state index in [2.05, 4.69) is 137 Å². The third-order valence-corrected chi connectivity index (χ3v) is 11.1. The Morgan fingerprint density at radius 1 is 0.833 bits per heavy atom. The van der Waals surface area contributed by atoms with Crippen LogP contribution in [0.2, 0.25) is 0 Å². The van der Waals surface area contributed by atoms with Crippen molar-refractivity contribution in [3.63, 3.8) is 0 Å². The van der Waals surface area contributed by atoms with Gasteiger partial charge in [-0.3, -0.25) is 0 Å². The lowest BCUT2D eigenvalue weighted by Crippen LogP contribution is -2.20. The Kier molecular flexibility index (Phi) is 6.02. The minimum absolute atomic E-state index is 0.0633. The molecule has 10 rings (SSSR count). The highest BCUT2D eigenvalue weighted by Crippen LogP contribution is 2.54. The molecule has 3 aromatic carbocycles. The van der Waals surface area contributed by atoms with E-state index in [9.17, 15) is 5.26 Å². The minimum Gasteiger partial charge on any atom is -0.483 e. The first-order valence-electron chi connectivity index (χ1n) is 17.3. The number of rotatable bonds is 3. The second-order valence-corrected chi connectivity index (χ2v) is 13.7. The molecule has 4 heteroatoms. The summed E-state index contributed by atoms with van der Waals surface area (Å²) < 4.78 is 11.8. The number of fused-ring (bicyclic) bond motifs is 9. The molecule has 3 atom stereocenters. The van der Waals surface area contributed by atoms with Gasteiger partial charge in [-0.05, 0) is 85.1 Å². The van der Waals surface area contributed by atoms with Crippen LogP contribution in [0, 0.1) is 17.2 Å². The van der Waals surface area contributed by atoms with Crippen LogP contribution in [-0.4, -0.2) is 15.2 Å². The summed E-state index contributed by atoms with van der Waals surface area (Å²) in [5.41, 5.74) is 14.4. The highest BCUT2D eigenvalue weighted by molar-refractivity contribution is 5.97. The van der Waals surface area contributed by atoms with Crippen molar-refractivity contribution in [2.24, 2.45) is 5.92 Å². The van der Waals surface area contributed by atoms with Crippen LogP contribution in [0.3, 0.4) is 0 Å². The maximum absolute atomic E-state index is 10.5. The van der Waals surface area contributed by atoms with Gasteiger partial charge in [0, 0.05) is 44.8 Å². The number of hydrogen-bond donors (Lipinski definition) is 0. The van der Waals surface area contributed by atoms with E-state index < -0.39 is 0 Å². The fraction of sp³-hybridized carbons (Fsp3) is 0.205. The van der Waals surface area contributed by atoms with E-state index in [0.29, 0.717) is 5.92 Å². The summed E-state index contributed by atoms with van der Waals surface area (Å²) in [6, 6.07) is 30.9. The maximum Gasteiger partial charge on any atom is 0.144 e. The molecular formula is C44H35N3O. The molecule has 4 nitrogen and oxygen atoms in total. The predicted octanol–water partition coefficient (Wildman–Crippen LogP) is 10.4. The van der Waals surface area contributed by atoms with Crippen LogP contribution in [0.15, 0.2) is 132 Å². The summed E-state index contributed by atoms with van der Waals surface area (Å²) >= 11 is 0. The lowest BCUT2D eigenvalue weighted by atomic mass is 9.77. The van der Waals surface area contributed by atoms with Crippen LogP contribution in [0.5, 0.6) is 0 Å². The van der Waals surface area contributed by atoms with Crippen LogP contribution in [0.4, 0.5) is 0 Å². The van der Waals surface area contributed by atoms with Gasteiger partial charge >= 0.3 is 0 Å². The average molecular weight is 622 g/mol. The Hall–Kier alpha value is -5.53. The highest BCUT2D eigenvalue weighted by Gasteiger charge is 2.43. The van der Waals surface area contributed by atoms with Gasteiger partial charge in [0.1, 0.15) is 11.9 Å². The van der Waals surface area contributed by atoms with Crippen LogP contribution >= 0.6 is 0 Å². The maximum atomic E-state index is 10.5. The summed E-state index contributed by atoms with van der Waals surface area (Å²) in [5.74, 6) is 1.50. The van der Waals surface area contributed by atoms with Crippen molar-refractivity contribution < 1.29 is 4.74 Å². The van der Waals surface area contributed by atoms with Gasteiger partial charge < -0.3 is 13.9 Å². The molecule has 3 unspecified atom stereocenters. The van der Waals surface area contributed by atoms with Gasteiger partial charge in [-0.15, -0.1) is 0 Å². The zero-order chi connectivity index (χ0) is 31.9. The molecule has 232 valence electrons. The normalized spacial score (nSPS) is 22.5. The number of nitriles is 1. The van der Waals surface area contributed by atoms with Crippen molar-refractivity contribution in [3.05, 3.63) is 154 Å². The fourth-order valence-electron chi connectivity index (χ4n) is 9.12. The molecule has 3 heterocycles.